The molecule has 5 heteroatoms. The molecule has 0 radical (unpaired) electrons. The summed E-state index contributed by atoms with van der Waals surface area (Å²) in [6.45, 7) is 0.285. The average molecular weight is 283 g/mol. The summed E-state index contributed by atoms with van der Waals surface area (Å²) < 4.78 is 52.5. The van der Waals surface area contributed by atoms with Crippen LogP contribution in [-0.2, 0) is 12.6 Å². The van der Waals surface area contributed by atoms with Crippen LogP contribution in [0.2, 0.25) is 0 Å². The number of rotatable bonds is 3. The third kappa shape index (κ3) is 2.99. The van der Waals surface area contributed by atoms with Crippen molar-refractivity contribution in [3.05, 3.63) is 59.4 Å². The van der Waals surface area contributed by atoms with Gasteiger partial charge in [-0.3, -0.25) is 0 Å². The van der Waals surface area contributed by atoms with Crippen LogP contribution in [0.25, 0.3) is 11.1 Å². The molecule has 2 aromatic rings. The van der Waals surface area contributed by atoms with Crippen molar-refractivity contribution in [2.45, 2.75) is 12.6 Å². The van der Waals surface area contributed by atoms with E-state index in [-0.39, 0.29) is 17.7 Å². The number of halogens is 4. The Labute approximate surface area is 114 Å². The molecular weight excluding hydrogens is 270 g/mol. The van der Waals surface area contributed by atoms with Crippen molar-refractivity contribution in [1.82, 2.24) is 0 Å². The van der Waals surface area contributed by atoms with Gasteiger partial charge in [0.2, 0.25) is 0 Å². The summed E-state index contributed by atoms with van der Waals surface area (Å²) in [5.41, 5.74) is 5.50. The molecule has 0 aromatic heterocycles. The second-order valence-electron chi connectivity index (χ2n) is 4.38. The first-order valence-electron chi connectivity index (χ1n) is 6.08. The fourth-order valence-electron chi connectivity index (χ4n) is 2.14. The maximum atomic E-state index is 13.4. The zero-order valence-electron chi connectivity index (χ0n) is 10.5. The van der Waals surface area contributed by atoms with Gasteiger partial charge >= 0.3 is 6.18 Å². The average Bonchev–Trinajstić information content (AvgIpc) is 2.40. The smallest absolute Gasteiger partial charge is 0.330 e. The van der Waals surface area contributed by atoms with E-state index in [1.807, 2.05) is 0 Å². The maximum absolute atomic E-state index is 13.4. The summed E-state index contributed by atoms with van der Waals surface area (Å²) >= 11 is 0. The number of alkyl halides is 3. The first-order valence-corrected chi connectivity index (χ1v) is 6.08. The highest BCUT2D eigenvalue weighted by Gasteiger charge is 2.33. The third-order valence-corrected chi connectivity index (χ3v) is 3.01. The molecule has 0 atom stereocenters. The predicted octanol–water partition coefficient (Wildman–Crippen LogP) is 4.01. The Hall–Kier alpha value is -1.88. The van der Waals surface area contributed by atoms with Crippen LogP contribution in [0.5, 0.6) is 0 Å². The quantitative estimate of drug-likeness (QED) is 0.846. The third-order valence-electron chi connectivity index (χ3n) is 3.01. The van der Waals surface area contributed by atoms with Crippen molar-refractivity contribution in [2.24, 2.45) is 5.73 Å². The molecule has 0 bridgehead atoms. The molecule has 2 rings (SSSR count). The van der Waals surface area contributed by atoms with Crippen LogP contribution >= 0.6 is 0 Å². The SMILES string of the molecule is NCCc1ccc(F)cc1-c1ccccc1C(F)(F)F. The van der Waals surface area contributed by atoms with Crippen molar-refractivity contribution < 1.29 is 17.6 Å². The van der Waals surface area contributed by atoms with Gasteiger partial charge in [-0.15, -0.1) is 0 Å². The highest BCUT2D eigenvalue weighted by Crippen LogP contribution is 2.38. The van der Waals surface area contributed by atoms with Crippen molar-refractivity contribution in [3.63, 3.8) is 0 Å². The molecule has 0 heterocycles. The van der Waals surface area contributed by atoms with E-state index in [1.165, 1.54) is 30.3 Å². The van der Waals surface area contributed by atoms with E-state index < -0.39 is 17.6 Å². The Morgan fingerprint density at radius 3 is 2.30 bits per heavy atom. The standard InChI is InChI=1S/C15H13F4N/c16-11-6-5-10(7-8-20)13(9-11)12-3-1-2-4-14(12)15(17,18)19/h1-6,9H,7-8,20H2. The molecular formula is C15H13F4N. The molecule has 0 fully saturated rings. The van der Waals surface area contributed by atoms with Gasteiger partial charge in [0.25, 0.3) is 0 Å². The lowest BCUT2D eigenvalue weighted by Gasteiger charge is -2.15. The second-order valence-corrected chi connectivity index (χ2v) is 4.38. The molecule has 2 N–H and O–H groups in total. The molecule has 0 unspecified atom stereocenters. The summed E-state index contributed by atoms with van der Waals surface area (Å²) in [4.78, 5) is 0. The van der Waals surface area contributed by atoms with Crippen LogP contribution in [0, 0.1) is 5.82 Å². The number of hydrogen-bond acceptors (Lipinski definition) is 1. The van der Waals surface area contributed by atoms with Crippen LogP contribution in [0.15, 0.2) is 42.5 Å². The van der Waals surface area contributed by atoms with Crippen molar-refractivity contribution in [2.75, 3.05) is 6.54 Å². The normalized spacial score (nSPS) is 11.7. The Kier molecular flexibility index (Phi) is 4.09. The summed E-state index contributed by atoms with van der Waals surface area (Å²) in [6.07, 6.45) is -4.09. The number of hydrogen-bond donors (Lipinski definition) is 1. The van der Waals surface area contributed by atoms with Crippen LogP contribution in [0.4, 0.5) is 17.6 Å². The van der Waals surface area contributed by atoms with E-state index in [9.17, 15) is 17.6 Å². The van der Waals surface area contributed by atoms with Gasteiger partial charge < -0.3 is 5.73 Å². The largest absolute Gasteiger partial charge is 0.417 e. The lowest BCUT2D eigenvalue weighted by atomic mass is 9.93. The molecule has 106 valence electrons. The van der Waals surface area contributed by atoms with Gasteiger partial charge in [0.15, 0.2) is 0 Å². The molecule has 0 saturated heterocycles. The molecule has 0 aliphatic carbocycles. The Morgan fingerprint density at radius 2 is 1.65 bits per heavy atom. The number of benzene rings is 2. The van der Waals surface area contributed by atoms with Crippen molar-refractivity contribution in [3.8, 4) is 11.1 Å². The molecule has 2 aromatic carbocycles. The minimum absolute atomic E-state index is 0.0250. The molecule has 20 heavy (non-hydrogen) atoms. The first-order chi connectivity index (χ1) is 9.43. The zero-order valence-corrected chi connectivity index (χ0v) is 10.5. The van der Waals surface area contributed by atoms with E-state index in [0.29, 0.717) is 12.0 Å². The van der Waals surface area contributed by atoms with Gasteiger partial charge in [0, 0.05) is 0 Å². The Bertz CT molecular complexity index is 605. The lowest BCUT2D eigenvalue weighted by molar-refractivity contribution is -0.137. The van der Waals surface area contributed by atoms with E-state index in [0.717, 1.165) is 12.1 Å². The van der Waals surface area contributed by atoms with Gasteiger partial charge in [0.1, 0.15) is 5.82 Å². The second kappa shape index (κ2) is 5.63. The summed E-state index contributed by atoms with van der Waals surface area (Å²) in [5, 5.41) is 0. The summed E-state index contributed by atoms with van der Waals surface area (Å²) in [5.74, 6) is -0.572. The van der Waals surface area contributed by atoms with E-state index in [2.05, 4.69) is 0 Å². The minimum atomic E-state index is -4.48. The van der Waals surface area contributed by atoms with Gasteiger partial charge in [-0.1, -0.05) is 24.3 Å². The molecule has 1 nitrogen and oxygen atoms in total. The first kappa shape index (κ1) is 14.5. The van der Waals surface area contributed by atoms with Crippen LogP contribution < -0.4 is 5.73 Å². The van der Waals surface area contributed by atoms with Gasteiger partial charge in [0.05, 0.1) is 5.56 Å². The van der Waals surface area contributed by atoms with Crippen molar-refractivity contribution >= 4 is 0 Å². The van der Waals surface area contributed by atoms with Gasteiger partial charge in [-0.2, -0.15) is 13.2 Å². The van der Waals surface area contributed by atoms with E-state index in [4.69, 9.17) is 5.73 Å². The van der Waals surface area contributed by atoms with Gasteiger partial charge in [-0.05, 0) is 47.9 Å². The van der Waals surface area contributed by atoms with E-state index >= 15 is 0 Å². The van der Waals surface area contributed by atoms with Crippen LogP contribution in [0.3, 0.4) is 0 Å². The topological polar surface area (TPSA) is 26.0 Å². The van der Waals surface area contributed by atoms with Gasteiger partial charge in [-0.25, -0.2) is 4.39 Å². The molecule has 0 aliphatic heterocycles. The van der Waals surface area contributed by atoms with Crippen LogP contribution in [0.1, 0.15) is 11.1 Å². The fraction of sp³-hybridized carbons (Fsp3) is 0.200. The highest BCUT2D eigenvalue weighted by atomic mass is 19.4. The lowest BCUT2D eigenvalue weighted by Crippen LogP contribution is -2.09. The Morgan fingerprint density at radius 1 is 0.950 bits per heavy atom. The molecule has 0 spiro atoms. The Balaban J connectivity index is 2.65. The summed E-state index contributed by atoms with van der Waals surface area (Å²) in [7, 11) is 0. The highest BCUT2D eigenvalue weighted by molar-refractivity contribution is 5.71. The zero-order chi connectivity index (χ0) is 14.8. The van der Waals surface area contributed by atoms with E-state index in [1.54, 1.807) is 0 Å². The number of nitrogens with two attached hydrogens (primary N) is 1. The molecule has 0 amide bonds. The van der Waals surface area contributed by atoms with Crippen LogP contribution in [-0.4, -0.2) is 6.54 Å². The molecule has 0 saturated carbocycles. The fourth-order valence-corrected chi connectivity index (χ4v) is 2.14. The molecule has 0 aliphatic rings. The monoisotopic (exact) mass is 283 g/mol. The van der Waals surface area contributed by atoms with Crippen molar-refractivity contribution in [1.29, 1.82) is 0 Å². The predicted molar refractivity (Wildman–Crippen MR) is 69.6 cm³/mol. The summed E-state index contributed by atoms with van der Waals surface area (Å²) in [6, 6.07) is 8.98. The minimum Gasteiger partial charge on any atom is -0.330 e. The maximum Gasteiger partial charge on any atom is 0.417 e.